The first kappa shape index (κ1) is 17.1. The Bertz CT molecular complexity index is 882. The van der Waals surface area contributed by atoms with E-state index in [1.165, 1.54) is 10.6 Å². The lowest BCUT2D eigenvalue weighted by Crippen LogP contribution is -2.45. The highest BCUT2D eigenvalue weighted by Gasteiger charge is 2.40. The van der Waals surface area contributed by atoms with E-state index in [-0.39, 0.29) is 12.1 Å². The Hall–Kier alpha value is -2.70. The van der Waals surface area contributed by atoms with Crippen LogP contribution in [0.15, 0.2) is 29.3 Å². The summed E-state index contributed by atoms with van der Waals surface area (Å²) in [5, 5.41) is 12.2. The second-order valence-corrected chi connectivity index (χ2v) is 6.74. The second-order valence-electron chi connectivity index (χ2n) is 6.74. The maximum atomic E-state index is 12.5. The summed E-state index contributed by atoms with van der Waals surface area (Å²) in [5.41, 5.74) is -0.0558. The van der Waals surface area contributed by atoms with Crippen molar-refractivity contribution in [2.45, 2.75) is 39.0 Å². The Morgan fingerprint density at radius 1 is 1.32 bits per heavy atom. The lowest BCUT2D eigenvalue weighted by atomic mass is 9.74. The molecule has 7 nitrogen and oxygen atoms in total. The summed E-state index contributed by atoms with van der Waals surface area (Å²) in [6.07, 6.45) is 6.59. The summed E-state index contributed by atoms with van der Waals surface area (Å²) in [4.78, 5) is 40.7. The van der Waals surface area contributed by atoms with Crippen LogP contribution in [0.25, 0.3) is 5.65 Å². The molecule has 1 aliphatic carbocycles. The Kier molecular flexibility index (Phi) is 4.57. The largest absolute Gasteiger partial charge is 0.481 e. The summed E-state index contributed by atoms with van der Waals surface area (Å²) >= 11 is 0. The average molecular weight is 343 g/mol. The highest BCUT2D eigenvalue weighted by atomic mass is 16.4. The summed E-state index contributed by atoms with van der Waals surface area (Å²) in [7, 11) is 0. The number of hydrogen-bond acceptors (Lipinski definition) is 4. The number of aromatic nitrogens is 2. The van der Waals surface area contributed by atoms with Gasteiger partial charge in [-0.2, -0.15) is 0 Å². The van der Waals surface area contributed by atoms with E-state index in [0.717, 1.165) is 24.8 Å². The Morgan fingerprint density at radius 3 is 2.72 bits per heavy atom. The van der Waals surface area contributed by atoms with Gasteiger partial charge in [0.25, 0.3) is 11.5 Å². The topological polar surface area (TPSA) is 101 Å². The van der Waals surface area contributed by atoms with Gasteiger partial charge in [0, 0.05) is 18.9 Å². The SMILES string of the molecule is Cc1ccn2c(=O)c(C(=O)NCC3(C(=O)O)CCCCC3)cnc2c1. The van der Waals surface area contributed by atoms with Gasteiger partial charge < -0.3 is 10.4 Å². The van der Waals surface area contributed by atoms with Crippen LogP contribution in [0.4, 0.5) is 0 Å². The van der Waals surface area contributed by atoms with Gasteiger partial charge in [-0.1, -0.05) is 19.3 Å². The van der Waals surface area contributed by atoms with Crippen molar-refractivity contribution in [2.75, 3.05) is 6.54 Å². The molecule has 3 rings (SSSR count). The van der Waals surface area contributed by atoms with Crippen LogP contribution in [0, 0.1) is 12.3 Å². The third-order valence-corrected chi connectivity index (χ3v) is 4.96. The number of pyridine rings is 1. The van der Waals surface area contributed by atoms with Gasteiger partial charge >= 0.3 is 5.97 Å². The van der Waals surface area contributed by atoms with Crippen LogP contribution < -0.4 is 10.9 Å². The molecule has 2 aromatic heterocycles. The van der Waals surface area contributed by atoms with Gasteiger partial charge in [-0.15, -0.1) is 0 Å². The van der Waals surface area contributed by atoms with Crippen molar-refractivity contribution in [3.05, 3.63) is 46.0 Å². The molecule has 2 heterocycles. The van der Waals surface area contributed by atoms with E-state index >= 15 is 0 Å². The van der Waals surface area contributed by atoms with Crippen molar-refractivity contribution in [1.29, 1.82) is 0 Å². The highest BCUT2D eigenvalue weighted by molar-refractivity contribution is 5.94. The van der Waals surface area contributed by atoms with Gasteiger partial charge in [0.15, 0.2) is 0 Å². The van der Waals surface area contributed by atoms with Gasteiger partial charge in [-0.3, -0.25) is 18.8 Å². The number of carboxylic acids is 1. The molecule has 0 atom stereocenters. The fourth-order valence-corrected chi connectivity index (χ4v) is 3.37. The number of nitrogens with zero attached hydrogens (tertiary/aromatic N) is 2. The molecule has 1 aliphatic rings. The Morgan fingerprint density at radius 2 is 2.04 bits per heavy atom. The number of rotatable bonds is 4. The zero-order chi connectivity index (χ0) is 18.0. The van der Waals surface area contributed by atoms with Gasteiger partial charge in [0.2, 0.25) is 0 Å². The monoisotopic (exact) mass is 343 g/mol. The number of aliphatic carboxylic acids is 1. The first-order valence-corrected chi connectivity index (χ1v) is 8.43. The number of carboxylic acid groups (broad SMARTS) is 1. The molecule has 132 valence electrons. The molecule has 0 radical (unpaired) electrons. The summed E-state index contributed by atoms with van der Waals surface area (Å²) in [6, 6.07) is 3.52. The molecule has 2 N–H and O–H groups in total. The van der Waals surface area contributed by atoms with Crippen LogP contribution in [-0.4, -0.2) is 32.9 Å². The minimum atomic E-state index is -0.939. The van der Waals surface area contributed by atoms with Gasteiger partial charge in [-0.05, 0) is 37.5 Å². The molecule has 0 saturated heterocycles. The fourth-order valence-electron chi connectivity index (χ4n) is 3.37. The first-order valence-electron chi connectivity index (χ1n) is 8.43. The summed E-state index contributed by atoms with van der Waals surface area (Å²) < 4.78 is 1.31. The zero-order valence-corrected chi connectivity index (χ0v) is 14.1. The van der Waals surface area contributed by atoms with Crippen LogP contribution in [-0.2, 0) is 4.79 Å². The quantitative estimate of drug-likeness (QED) is 0.881. The van der Waals surface area contributed by atoms with E-state index in [9.17, 15) is 19.5 Å². The number of carbonyl (C=O) groups excluding carboxylic acids is 1. The van der Waals surface area contributed by atoms with Crippen LogP contribution in [0.1, 0.15) is 48.0 Å². The molecule has 7 heteroatoms. The lowest BCUT2D eigenvalue weighted by Gasteiger charge is -2.33. The highest BCUT2D eigenvalue weighted by Crippen LogP contribution is 2.36. The van der Waals surface area contributed by atoms with E-state index in [1.54, 1.807) is 18.3 Å². The number of nitrogens with one attached hydrogen (secondary N) is 1. The third kappa shape index (κ3) is 3.26. The van der Waals surface area contributed by atoms with Crippen LogP contribution in [0.2, 0.25) is 0 Å². The van der Waals surface area contributed by atoms with Crippen molar-refractivity contribution in [3.63, 3.8) is 0 Å². The van der Waals surface area contributed by atoms with E-state index < -0.39 is 22.9 Å². The molecule has 1 amide bonds. The van der Waals surface area contributed by atoms with Crippen LogP contribution >= 0.6 is 0 Å². The van der Waals surface area contributed by atoms with Crippen LogP contribution in [0.3, 0.4) is 0 Å². The molecule has 0 unspecified atom stereocenters. The van der Waals surface area contributed by atoms with Crippen molar-refractivity contribution in [2.24, 2.45) is 5.41 Å². The number of amides is 1. The second kappa shape index (κ2) is 6.66. The molecule has 0 aliphatic heterocycles. The molecule has 25 heavy (non-hydrogen) atoms. The Balaban J connectivity index is 1.82. The van der Waals surface area contributed by atoms with E-state index in [1.807, 2.05) is 6.92 Å². The van der Waals surface area contributed by atoms with Gasteiger partial charge in [0.05, 0.1) is 5.41 Å². The Labute approximate surface area is 144 Å². The molecule has 1 fully saturated rings. The van der Waals surface area contributed by atoms with Crippen molar-refractivity contribution in [1.82, 2.24) is 14.7 Å². The van der Waals surface area contributed by atoms with Crippen molar-refractivity contribution < 1.29 is 14.7 Å². The summed E-state index contributed by atoms with van der Waals surface area (Å²) in [6.45, 7) is 1.92. The van der Waals surface area contributed by atoms with E-state index in [0.29, 0.717) is 18.5 Å². The molecule has 0 aromatic carbocycles. The van der Waals surface area contributed by atoms with E-state index in [4.69, 9.17) is 0 Å². The van der Waals surface area contributed by atoms with Crippen molar-refractivity contribution >= 4 is 17.5 Å². The van der Waals surface area contributed by atoms with Gasteiger partial charge in [0.1, 0.15) is 11.2 Å². The number of carbonyl (C=O) groups is 2. The maximum Gasteiger partial charge on any atom is 0.311 e. The predicted molar refractivity (Wildman–Crippen MR) is 91.7 cm³/mol. The maximum absolute atomic E-state index is 12.5. The van der Waals surface area contributed by atoms with E-state index in [2.05, 4.69) is 10.3 Å². The minimum Gasteiger partial charge on any atom is -0.481 e. The summed E-state index contributed by atoms with van der Waals surface area (Å²) in [5.74, 6) is -1.48. The normalized spacial score (nSPS) is 16.5. The average Bonchev–Trinajstić information content (AvgIpc) is 2.60. The molecule has 1 saturated carbocycles. The van der Waals surface area contributed by atoms with Crippen LogP contribution in [0.5, 0.6) is 0 Å². The smallest absolute Gasteiger partial charge is 0.311 e. The number of aryl methyl sites for hydroxylation is 1. The standard InChI is InChI=1S/C18H21N3O4/c1-12-5-8-21-14(9-12)19-10-13(16(21)23)15(22)20-11-18(17(24)25)6-3-2-4-7-18/h5,8-10H,2-4,6-7,11H2,1H3,(H,20,22)(H,24,25). The molecule has 0 bridgehead atoms. The first-order chi connectivity index (χ1) is 11.9. The zero-order valence-electron chi connectivity index (χ0n) is 14.1. The lowest BCUT2D eigenvalue weighted by molar-refractivity contribution is -0.150. The van der Waals surface area contributed by atoms with Crippen molar-refractivity contribution in [3.8, 4) is 0 Å². The number of hydrogen-bond donors (Lipinski definition) is 2. The molecule has 2 aromatic rings. The molecule has 0 spiro atoms. The fraction of sp³-hybridized carbons (Fsp3) is 0.444. The predicted octanol–water partition coefficient (Wildman–Crippen LogP) is 1.77. The molecular weight excluding hydrogens is 322 g/mol. The molecular formula is C18H21N3O4. The minimum absolute atomic E-state index is 0.0250. The third-order valence-electron chi connectivity index (χ3n) is 4.96. The van der Waals surface area contributed by atoms with Gasteiger partial charge in [-0.25, -0.2) is 4.98 Å². The number of fused-ring (bicyclic) bond motifs is 1.